The first-order valence-corrected chi connectivity index (χ1v) is 5.90. The fourth-order valence-corrected chi connectivity index (χ4v) is 2.10. The van der Waals surface area contributed by atoms with Gasteiger partial charge in [0.25, 0.3) is 0 Å². The fourth-order valence-electron chi connectivity index (χ4n) is 2.10. The van der Waals surface area contributed by atoms with Crippen LogP contribution in [0.3, 0.4) is 0 Å². The van der Waals surface area contributed by atoms with Crippen molar-refractivity contribution in [3.63, 3.8) is 0 Å². The molecule has 1 heterocycles. The molecule has 0 aliphatic carbocycles. The lowest BCUT2D eigenvalue weighted by Gasteiger charge is -2.16. The zero-order valence-electron chi connectivity index (χ0n) is 10.2. The molecule has 1 amide bonds. The van der Waals surface area contributed by atoms with Crippen LogP contribution in [0, 0.1) is 6.92 Å². The second kappa shape index (κ2) is 5.04. The number of carbonyl (C=O) groups excluding carboxylic acids is 1. The van der Waals surface area contributed by atoms with Crippen LogP contribution < -0.4 is 4.90 Å². The summed E-state index contributed by atoms with van der Waals surface area (Å²) in [6, 6.07) is 5.62. The third-order valence-electron chi connectivity index (χ3n) is 3.04. The molecule has 1 N–H and O–H groups in total. The van der Waals surface area contributed by atoms with Crippen molar-refractivity contribution in [3.8, 4) is 0 Å². The average molecular weight is 245 g/mol. The van der Waals surface area contributed by atoms with Gasteiger partial charge < -0.3 is 10.0 Å². The molecule has 0 atom stereocenters. The van der Waals surface area contributed by atoms with Crippen LogP contribution >= 0.6 is 0 Å². The van der Waals surface area contributed by atoms with Gasteiger partial charge in [-0.1, -0.05) is 6.07 Å². The Kier molecular flexibility index (Phi) is 3.46. The van der Waals surface area contributed by atoms with E-state index in [9.17, 15) is 9.59 Å². The van der Waals surface area contributed by atoms with Gasteiger partial charge in [0.05, 0.1) is 0 Å². The van der Waals surface area contributed by atoms with Crippen LogP contribution in [-0.2, 0) is 9.59 Å². The molecule has 1 aliphatic rings. The van der Waals surface area contributed by atoms with Crippen LogP contribution in [0.5, 0.6) is 0 Å². The van der Waals surface area contributed by atoms with E-state index in [0.717, 1.165) is 35.9 Å². The summed E-state index contributed by atoms with van der Waals surface area (Å²) >= 11 is 0. The first-order chi connectivity index (χ1) is 8.58. The minimum atomic E-state index is -0.965. The van der Waals surface area contributed by atoms with Gasteiger partial charge in [-0.25, -0.2) is 4.79 Å². The molecule has 0 radical (unpaired) electrons. The summed E-state index contributed by atoms with van der Waals surface area (Å²) < 4.78 is 0. The standard InChI is InChI=1S/C14H15NO3/c1-10-9-12(15-8-2-3-13(15)16)6-4-11(10)5-7-14(17)18/h4-7,9H,2-3,8H2,1H3,(H,17,18). The van der Waals surface area contributed by atoms with Crippen LogP contribution in [0.25, 0.3) is 6.08 Å². The Morgan fingerprint density at radius 3 is 2.78 bits per heavy atom. The van der Waals surface area contributed by atoms with Gasteiger partial charge in [0.15, 0.2) is 0 Å². The van der Waals surface area contributed by atoms with Gasteiger partial charge in [-0.2, -0.15) is 0 Å². The van der Waals surface area contributed by atoms with E-state index in [1.165, 1.54) is 0 Å². The highest BCUT2D eigenvalue weighted by molar-refractivity contribution is 5.95. The number of rotatable bonds is 3. The van der Waals surface area contributed by atoms with E-state index in [1.807, 2.05) is 25.1 Å². The number of carboxylic acids is 1. The lowest BCUT2D eigenvalue weighted by molar-refractivity contribution is -0.131. The molecule has 0 bridgehead atoms. The number of amides is 1. The summed E-state index contributed by atoms with van der Waals surface area (Å²) in [7, 11) is 0. The molecule has 1 aliphatic heterocycles. The zero-order chi connectivity index (χ0) is 13.1. The van der Waals surface area contributed by atoms with Gasteiger partial charge in [0.2, 0.25) is 5.91 Å². The van der Waals surface area contributed by atoms with Crippen LogP contribution in [0.15, 0.2) is 24.3 Å². The Morgan fingerprint density at radius 2 is 2.22 bits per heavy atom. The summed E-state index contributed by atoms with van der Waals surface area (Å²) in [5.41, 5.74) is 2.71. The Balaban J connectivity index is 2.24. The predicted octanol–water partition coefficient (Wildman–Crippen LogP) is 2.22. The number of anilines is 1. The van der Waals surface area contributed by atoms with Gasteiger partial charge in [0, 0.05) is 24.7 Å². The third-order valence-corrected chi connectivity index (χ3v) is 3.04. The number of aryl methyl sites for hydroxylation is 1. The summed E-state index contributed by atoms with van der Waals surface area (Å²) in [5.74, 6) is -0.809. The van der Waals surface area contributed by atoms with Crippen molar-refractivity contribution in [2.75, 3.05) is 11.4 Å². The molecule has 2 rings (SSSR count). The molecule has 18 heavy (non-hydrogen) atoms. The number of carboxylic acid groups (broad SMARTS) is 1. The number of benzene rings is 1. The molecule has 0 spiro atoms. The van der Waals surface area contributed by atoms with E-state index in [2.05, 4.69) is 0 Å². The normalized spacial score (nSPS) is 15.6. The van der Waals surface area contributed by atoms with Crippen LogP contribution in [0.4, 0.5) is 5.69 Å². The van der Waals surface area contributed by atoms with Gasteiger partial charge >= 0.3 is 5.97 Å². The van der Waals surface area contributed by atoms with E-state index in [-0.39, 0.29) is 5.91 Å². The van der Waals surface area contributed by atoms with E-state index < -0.39 is 5.97 Å². The Morgan fingerprint density at radius 1 is 1.44 bits per heavy atom. The van der Waals surface area contributed by atoms with Crippen LogP contribution in [-0.4, -0.2) is 23.5 Å². The van der Waals surface area contributed by atoms with Crippen molar-refractivity contribution >= 4 is 23.6 Å². The quantitative estimate of drug-likeness (QED) is 0.831. The molecular formula is C14H15NO3. The van der Waals surface area contributed by atoms with E-state index in [1.54, 1.807) is 11.0 Å². The van der Waals surface area contributed by atoms with Gasteiger partial charge in [-0.15, -0.1) is 0 Å². The largest absolute Gasteiger partial charge is 0.478 e. The van der Waals surface area contributed by atoms with Crippen molar-refractivity contribution < 1.29 is 14.7 Å². The number of nitrogens with zero attached hydrogens (tertiary/aromatic N) is 1. The second-order valence-electron chi connectivity index (χ2n) is 4.36. The molecule has 0 aromatic heterocycles. The maximum atomic E-state index is 11.6. The summed E-state index contributed by atoms with van der Waals surface area (Å²) in [5, 5.41) is 8.59. The lowest BCUT2D eigenvalue weighted by atomic mass is 10.1. The highest BCUT2D eigenvalue weighted by Crippen LogP contribution is 2.24. The Hall–Kier alpha value is -2.10. The van der Waals surface area contributed by atoms with E-state index >= 15 is 0 Å². The van der Waals surface area contributed by atoms with Gasteiger partial charge in [-0.05, 0) is 42.7 Å². The fraction of sp³-hybridized carbons (Fsp3) is 0.286. The topological polar surface area (TPSA) is 57.6 Å². The predicted molar refractivity (Wildman–Crippen MR) is 69.4 cm³/mol. The van der Waals surface area contributed by atoms with Crippen LogP contribution in [0.1, 0.15) is 24.0 Å². The van der Waals surface area contributed by atoms with Gasteiger partial charge in [-0.3, -0.25) is 4.79 Å². The van der Waals surface area contributed by atoms with E-state index in [0.29, 0.717) is 6.42 Å². The highest BCUT2D eigenvalue weighted by atomic mass is 16.4. The maximum Gasteiger partial charge on any atom is 0.328 e. The molecule has 4 heteroatoms. The van der Waals surface area contributed by atoms with Crippen molar-refractivity contribution in [1.82, 2.24) is 0 Å². The van der Waals surface area contributed by atoms with Gasteiger partial charge in [0.1, 0.15) is 0 Å². The molecule has 94 valence electrons. The minimum Gasteiger partial charge on any atom is -0.478 e. The molecular weight excluding hydrogens is 230 g/mol. The summed E-state index contributed by atoms with van der Waals surface area (Å²) in [4.78, 5) is 23.9. The average Bonchev–Trinajstić information content (AvgIpc) is 2.73. The number of hydrogen-bond acceptors (Lipinski definition) is 2. The second-order valence-corrected chi connectivity index (χ2v) is 4.36. The monoisotopic (exact) mass is 245 g/mol. The number of hydrogen-bond donors (Lipinski definition) is 1. The smallest absolute Gasteiger partial charge is 0.328 e. The highest BCUT2D eigenvalue weighted by Gasteiger charge is 2.21. The number of carbonyl (C=O) groups is 2. The Bertz CT molecular complexity index is 520. The maximum absolute atomic E-state index is 11.6. The van der Waals surface area contributed by atoms with Crippen LogP contribution in [0.2, 0.25) is 0 Å². The van der Waals surface area contributed by atoms with Crippen molar-refractivity contribution in [2.45, 2.75) is 19.8 Å². The zero-order valence-corrected chi connectivity index (χ0v) is 10.2. The molecule has 1 aromatic carbocycles. The Labute approximate surface area is 106 Å². The molecule has 1 saturated heterocycles. The molecule has 0 unspecified atom stereocenters. The first kappa shape index (κ1) is 12.4. The number of aliphatic carboxylic acids is 1. The SMILES string of the molecule is Cc1cc(N2CCCC2=O)ccc1C=CC(=O)O. The molecule has 1 aromatic rings. The van der Waals surface area contributed by atoms with Crippen molar-refractivity contribution in [2.24, 2.45) is 0 Å². The van der Waals surface area contributed by atoms with E-state index in [4.69, 9.17) is 5.11 Å². The van der Waals surface area contributed by atoms with Crippen molar-refractivity contribution in [1.29, 1.82) is 0 Å². The first-order valence-electron chi connectivity index (χ1n) is 5.90. The third kappa shape index (κ3) is 2.59. The molecule has 4 nitrogen and oxygen atoms in total. The minimum absolute atomic E-state index is 0.156. The lowest BCUT2D eigenvalue weighted by Crippen LogP contribution is -2.23. The van der Waals surface area contributed by atoms with Crippen molar-refractivity contribution in [3.05, 3.63) is 35.4 Å². The summed E-state index contributed by atoms with van der Waals surface area (Å²) in [6.45, 7) is 2.67. The molecule has 1 fully saturated rings. The summed E-state index contributed by atoms with van der Waals surface area (Å²) in [6.07, 6.45) is 4.19. The molecule has 0 saturated carbocycles.